The molecule has 4 aromatic carbocycles. The first-order chi connectivity index (χ1) is 13.4. The molecule has 0 saturated carbocycles. The molecule has 126 valence electrons. The van der Waals surface area contributed by atoms with Crippen LogP contribution in [0.2, 0.25) is 0 Å². The molecule has 0 atom stereocenters. The fraction of sp³-hybridized carbons (Fsp3) is 0.0370. The van der Waals surface area contributed by atoms with Crippen molar-refractivity contribution >= 4 is 0 Å². The van der Waals surface area contributed by atoms with Crippen LogP contribution < -0.4 is 0 Å². The van der Waals surface area contributed by atoms with Crippen molar-refractivity contribution in [2.45, 2.75) is 5.41 Å². The molecule has 0 heterocycles. The van der Waals surface area contributed by atoms with E-state index >= 15 is 0 Å². The van der Waals surface area contributed by atoms with Gasteiger partial charge in [-0.25, -0.2) is 0 Å². The summed E-state index contributed by atoms with van der Waals surface area (Å²) in [6, 6.07) is 36.5. The average Bonchev–Trinajstić information content (AvgIpc) is 3.06. The molecule has 1 aliphatic rings. The topological polar surface area (TPSA) is 0 Å². The molecule has 0 spiro atoms. The summed E-state index contributed by atoms with van der Waals surface area (Å²) in [6.07, 6.45) is 5.90. The number of rotatable bonds is 2. The first-order valence-corrected chi connectivity index (χ1v) is 9.18. The Morgan fingerprint density at radius 3 is 1.74 bits per heavy atom. The Balaban J connectivity index is 2.01. The van der Waals surface area contributed by atoms with E-state index in [4.69, 9.17) is 6.42 Å². The minimum absolute atomic E-state index is 0.360. The molecule has 0 fully saturated rings. The van der Waals surface area contributed by atoms with Crippen molar-refractivity contribution in [1.29, 1.82) is 0 Å². The molecule has 1 aliphatic carbocycles. The van der Waals surface area contributed by atoms with E-state index in [1.807, 2.05) is 6.07 Å². The van der Waals surface area contributed by atoms with Crippen LogP contribution in [0.25, 0.3) is 11.1 Å². The van der Waals surface area contributed by atoms with Gasteiger partial charge in [0.15, 0.2) is 0 Å². The van der Waals surface area contributed by atoms with Crippen LogP contribution in [0.5, 0.6) is 0 Å². The Labute approximate surface area is 160 Å². The molecule has 0 aliphatic heterocycles. The molecular weight excluding hydrogens is 324 g/mol. The third-order valence-corrected chi connectivity index (χ3v) is 5.64. The van der Waals surface area contributed by atoms with E-state index in [1.165, 1.54) is 33.4 Å². The lowest BCUT2D eigenvalue weighted by Gasteiger charge is -2.33. The number of hydrogen-bond acceptors (Lipinski definition) is 0. The van der Waals surface area contributed by atoms with Gasteiger partial charge >= 0.3 is 0 Å². The minimum Gasteiger partial charge on any atom is -0.115 e. The maximum atomic E-state index is 5.90. The fourth-order valence-corrected chi connectivity index (χ4v) is 4.61. The SMILES string of the molecule is C#Cc1cccc2c1-c1ccccc1C2(c1ccccc1)c1ccccc1. The summed E-state index contributed by atoms with van der Waals surface area (Å²) >= 11 is 0. The van der Waals surface area contributed by atoms with Crippen molar-refractivity contribution in [1.82, 2.24) is 0 Å². The van der Waals surface area contributed by atoms with Gasteiger partial charge in [-0.3, -0.25) is 0 Å². The van der Waals surface area contributed by atoms with Crippen LogP contribution in [-0.4, -0.2) is 0 Å². The average molecular weight is 342 g/mol. The highest BCUT2D eigenvalue weighted by Crippen LogP contribution is 2.56. The molecule has 0 aromatic heterocycles. The second-order valence-electron chi connectivity index (χ2n) is 6.90. The maximum Gasteiger partial charge on any atom is 0.0714 e. The molecule has 27 heavy (non-hydrogen) atoms. The van der Waals surface area contributed by atoms with E-state index in [-0.39, 0.29) is 5.41 Å². The van der Waals surface area contributed by atoms with Crippen molar-refractivity contribution in [3.63, 3.8) is 0 Å². The molecule has 0 nitrogen and oxygen atoms in total. The zero-order valence-electron chi connectivity index (χ0n) is 14.9. The third-order valence-electron chi connectivity index (χ3n) is 5.64. The number of hydrogen-bond donors (Lipinski definition) is 0. The maximum absolute atomic E-state index is 5.90. The quantitative estimate of drug-likeness (QED) is 0.344. The van der Waals surface area contributed by atoms with E-state index < -0.39 is 0 Å². The van der Waals surface area contributed by atoms with Gasteiger partial charge in [0.1, 0.15) is 0 Å². The van der Waals surface area contributed by atoms with Gasteiger partial charge in [-0.1, -0.05) is 103 Å². The van der Waals surface area contributed by atoms with Crippen LogP contribution in [0.3, 0.4) is 0 Å². The van der Waals surface area contributed by atoms with Crippen molar-refractivity contribution in [2.24, 2.45) is 0 Å². The van der Waals surface area contributed by atoms with Gasteiger partial charge in [-0.2, -0.15) is 0 Å². The summed E-state index contributed by atoms with van der Waals surface area (Å²) in [5.41, 5.74) is 8.08. The fourth-order valence-electron chi connectivity index (χ4n) is 4.61. The van der Waals surface area contributed by atoms with Gasteiger partial charge in [0, 0.05) is 11.1 Å². The second-order valence-corrected chi connectivity index (χ2v) is 6.90. The first-order valence-electron chi connectivity index (χ1n) is 9.18. The molecule has 0 radical (unpaired) electrons. The monoisotopic (exact) mass is 342 g/mol. The normalized spacial score (nSPS) is 13.4. The lowest BCUT2D eigenvalue weighted by atomic mass is 9.67. The zero-order chi connectivity index (χ0) is 18.3. The smallest absolute Gasteiger partial charge is 0.0714 e. The Morgan fingerprint density at radius 2 is 1.11 bits per heavy atom. The minimum atomic E-state index is -0.360. The van der Waals surface area contributed by atoms with Gasteiger partial charge in [-0.15, -0.1) is 6.42 Å². The lowest BCUT2D eigenvalue weighted by molar-refractivity contribution is 0.768. The number of terminal acetylenes is 1. The van der Waals surface area contributed by atoms with Crippen molar-refractivity contribution in [2.75, 3.05) is 0 Å². The predicted molar refractivity (Wildman–Crippen MR) is 112 cm³/mol. The molecule has 4 aromatic rings. The number of fused-ring (bicyclic) bond motifs is 3. The van der Waals surface area contributed by atoms with E-state index in [0.29, 0.717) is 0 Å². The third kappa shape index (κ3) is 2.06. The zero-order valence-corrected chi connectivity index (χ0v) is 14.9. The predicted octanol–water partition coefficient (Wildman–Crippen LogP) is 6.03. The van der Waals surface area contributed by atoms with Gasteiger partial charge < -0.3 is 0 Å². The van der Waals surface area contributed by atoms with E-state index in [0.717, 1.165) is 5.56 Å². The van der Waals surface area contributed by atoms with Crippen LogP contribution in [0, 0.1) is 12.3 Å². The molecule has 0 saturated heterocycles. The van der Waals surface area contributed by atoms with E-state index in [1.54, 1.807) is 0 Å². The summed E-state index contributed by atoms with van der Waals surface area (Å²) in [5, 5.41) is 0. The number of benzene rings is 4. The molecule has 0 N–H and O–H groups in total. The summed E-state index contributed by atoms with van der Waals surface area (Å²) in [7, 11) is 0. The molecule has 0 unspecified atom stereocenters. The molecule has 0 heteroatoms. The van der Waals surface area contributed by atoms with Crippen molar-refractivity contribution in [3.05, 3.63) is 131 Å². The summed E-state index contributed by atoms with van der Waals surface area (Å²) < 4.78 is 0. The Kier molecular flexibility index (Phi) is 3.49. The summed E-state index contributed by atoms with van der Waals surface area (Å²) in [4.78, 5) is 0. The highest BCUT2D eigenvalue weighted by molar-refractivity contribution is 5.89. The summed E-state index contributed by atoms with van der Waals surface area (Å²) in [5.74, 6) is 2.91. The van der Waals surface area contributed by atoms with Crippen LogP contribution in [0.1, 0.15) is 27.8 Å². The van der Waals surface area contributed by atoms with E-state index in [2.05, 4.69) is 103 Å². The van der Waals surface area contributed by atoms with Crippen LogP contribution >= 0.6 is 0 Å². The van der Waals surface area contributed by atoms with Crippen molar-refractivity contribution in [3.8, 4) is 23.5 Å². The summed E-state index contributed by atoms with van der Waals surface area (Å²) in [6.45, 7) is 0. The highest BCUT2D eigenvalue weighted by atomic mass is 14.5. The Hall–Kier alpha value is -3.56. The van der Waals surface area contributed by atoms with Gasteiger partial charge in [0.05, 0.1) is 5.41 Å². The van der Waals surface area contributed by atoms with Crippen LogP contribution in [-0.2, 0) is 5.41 Å². The van der Waals surface area contributed by atoms with Gasteiger partial charge in [0.2, 0.25) is 0 Å². The van der Waals surface area contributed by atoms with E-state index in [9.17, 15) is 0 Å². The second kappa shape index (κ2) is 6.01. The van der Waals surface area contributed by atoms with Gasteiger partial charge in [-0.05, 0) is 33.9 Å². The standard InChI is InChI=1S/C27H18/c1-2-20-12-11-19-25-26(20)23-17-9-10-18-24(23)27(25,21-13-5-3-6-14-21)22-15-7-4-8-16-22/h1,3-19H. The molecule has 5 rings (SSSR count). The molecule has 0 amide bonds. The lowest BCUT2D eigenvalue weighted by Crippen LogP contribution is -2.28. The molecular formula is C27H18. The molecule has 0 bridgehead atoms. The Bertz CT molecular complexity index is 1120. The van der Waals surface area contributed by atoms with Crippen LogP contribution in [0.4, 0.5) is 0 Å². The largest absolute Gasteiger partial charge is 0.115 e. The van der Waals surface area contributed by atoms with Gasteiger partial charge in [0.25, 0.3) is 0 Å². The highest BCUT2D eigenvalue weighted by Gasteiger charge is 2.46. The van der Waals surface area contributed by atoms with Crippen molar-refractivity contribution < 1.29 is 0 Å². The first kappa shape index (κ1) is 15.7. The van der Waals surface area contributed by atoms with Crippen LogP contribution in [0.15, 0.2) is 103 Å². The Morgan fingerprint density at radius 1 is 0.556 bits per heavy atom.